The molecular weight excluding hydrogens is 343 g/mol. The Hall–Kier alpha value is -2.21. The smallest absolute Gasteiger partial charge is 0.223 e. The molecular formula is C21H27FN4O. The van der Waals surface area contributed by atoms with Crippen LogP contribution in [0.5, 0.6) is 0 Å². The second-order valence-corrected chi connectivity index (χ2v) is 7.77. The molecule has 2 aromatic rings. The van der Waals surface area contributed by atoms with Gasteiger partial charge < -0.3 is 9.88 Å². The number of aromatic nitrogens is 2. The number of imidazole rings is 1. The molecule has 27 heavy (non-hydrogen) atoms. The maximum absolute atomic E-state index is 13.9. The third-order valence-corrected chi connectivity index (χ3v) is 6.19. The van der Waals surface area contributed by atoms with Crippen LogP contribution < -0.4 is 0 Å². The van der Waals surface area contributed by atoms with Gasteiger partial charge in [0.1, 0.15) is 5.82 Å². The largest absolute Gasteiger partial charge is 0.348 e. The van der Waals surface area contributed by atoms with E-state index in [1.165, 1.54) is 5.69 Å². The molecule has 144 valence electrons. The first-order valence-electron chi connectivity index (χ1n) is 9.84. The van der Waals surface area contributed by atoms with E-state index in [0.717, 1.165) is 56.7 Å². The van der Waals surface area contributed by atoms with E-state index in [-0.39, 0.29) is 17.3 Å². The zero-order chi connectivity index (χ0) is 19.0. The number of hydrogen-bond donors (Lipinski definition) is 1. The van der Waals surface area contributed by atoms with Crippen LogP contribution in [0.25, 0.3) is 0 Å². The molecule has 0 bridgehead atoms. The predicted molar refractivity (Wildman–Crippen MR) is 102 cm³/mol. The van der Waals surface area contributed by atoms with E-state index in [1.807, 2.05) is 19.1 Å². The van der Waals surface area contributed by atoms with Gasteiger partial charge in [0.25, 0.3) is 0 Å². The maximum Gasteiger partial charge on any atom is 0.223 e. The molecule has 1 aromatic carbocycles. The van der Waals surface area contributed by atoms with Gasteiger partial charge in [0, 0.05) is 44.7 Å². The Labute approximate surface area is 159 Å². The minimum Gasteiger partial charge on any atom is -0.348 e. The van der Waals surface area contributed by atoms with Crippen molar-refractivity contribution in [3.05, 3.63) is 52.9 Å². The Kier molecular flexibility index (Phi) is 4.76. The molecule has 2 aliphatic heterocycles. The fourth-order valence-electron chi connectivity index (χ4n) is 4.61. The SMILES string of the molecule is CCC(=O)N1CCc2[nH]cnc2C12CCN(Cc1ccc(C)c(F)c1)CC2. The Balaban J connectivity index is 1.53. The van der Waals surface area contributed by atoms with Crippen molar-refractivity contribution in [2.24, 2.45) is 0 Å². The summed E-state index contributed by atoms with van der Waals surface area (Å²) in [7, 11) is 0. The van der Waals surface area contributed by atoms with E-state index < -0.39 is 0 Å². The van der Waals surface area contributed by atoms with E-state index in [1.54, 1.807) is 19.3 Å². The van der Waals surface area contributed by atoms with Crippen molar-refractivity contribution in [1.29, 1.82) is 0 Å². The molecule has 0 atom stereocenters. The molecule has 0 radical (unpaired) electrons. The number of carbonyl (C=O) groups excluding carboxylic acids is 1. The van der Waals surface area contributed by atoms with E-state index in [0.29, 0.717) is 12.0 Å². The second kappa shape index (κ2) is 7.08. The van der Waals surface area contributed by atoms with E-state index in [2.05, 4.69) is 19.8 Å². The molecule has 2 aliphatic rings. The number of rotatable bonds is 3. The van der Waals surface area contributed by atoms with Crippen molar-refractivity contribution in [3.63, 3.8) is 0 Å². The highest BCUT2D eigenvalue weighted by atomic mass is 19.1. The van der Waals surface area contributed by atoms with Crippen molar-refractivity contribution in [3.8, 4) is 0 Å². The van der Waals surface area contributed by atoms with E-state index in [9.17, 15) is 9.18 Å². The van der Waals surface area contributed by atoms with Gasteiger partial charge in [0.15, 0.2) is 0 Å². The van der Waals surface area contributed by atoms with Crippen molar-refractivity contribution in [1.82, 2.24) is 19.8 Å². The van der Waals surface area contributed by atoms with Crippen molar-refractivity contribution < 1.29 is 9.18 Å². The lowest BCUT2D eigenvalue weighted by Gasteiger charge is -2.50. The van der Waals surface area contributed by atoms with Crippen LogP contribution in [0.1, 0.15) is 48.7 Å². The van der Waals surface area contributed by atoms with Crippen molar-refractivity contribution >= 4 is 5.91 Å². The lowest BCUT2D eigenvalue weighted by atomic mass is 9.78. The van der Waals surface area contributed by atoms with Crippen LogP contribution in [-0.4, -0.2) is 45.3 Å². The fourth-order valence-corrected chi connectivity index (χ4v) is 4.61. The first kappa shape index (κ1) is 18.2. The third kappa shape index (κ3) is 3.16. The predicted octanol–water partition coefficient (Wildman–Crippen LogP) is 3.14. The van der Waals surface area contributed by atoms with Crippen molar-refractivity contribution in [2.45, 2.75) is 51.6 Å². The number of aryl methyl sites for hydroxylation is 1. The Morgan fingerprint density at radius 3 is 2.78 bits per heavy atom. The molecule has 6 heteroatoms. The normalized spacial score (nSPS) is 19.3. The van der Waals surface area contributed by atoms with Crippen LogP contribution in [0.15, 0.2) is 24.5 Å². The van der Waals surface area contributed by atoms with Gasteiger partial charge in [-0.1, -0.05) is 19.1 Å². The molecule has 1 N–H and O–H groups in total. The number of nitrogens with zero attached hydrogens (tertiary/aromatic N) is 3. The lowest BCUT2D eigenvalue weighted by molar-refractivity contribution is -0.141. The lowest BCUT2D eigenvalue weighted by Crippen LogP contribution is -2.58. The second-order valence-electron chi connectivity index (χ2n) is 7.77. The van der Waals surface area contributed by atoms with Crippen molar-refractivity contribution in [2.75, 3.05) is 19.6 Å². The monoisotopic (exact) mass is 370 g/mol. The van der Waals surface area contributed by atoms with Gasteiger partial charge in [-0.3, -0.25) is 9.69 Å². The maximum atomic E-state index is 13.9. The Morgan fingerprint density at radius 1 is 1.30 bits per heavy atom. The number of halogens is 1. The summed E-state index contributed by atoms with van der Waals surface area (Å²) in [4.78, 5) is 24.9. The first-order valence-corrected chi connectivity index (χ1v) is 9.84. The van der Waals surface area contributed by atoms with Crippen LogP contribution in [-0.2, 0) is 23.3 Å². The summed E-state index contributed by atoms with van der Waals surface area (Å²) in [5.41, 5.74) is 3.61. The molecule has 5 nitrogen and oxygen atoms in total. The van der Waals surface area contributed by atoms with E-state index in [4.69, 9.17) is 0 Å². The minimum absolute atomic E-state index is 0.144. The minimum atomic E-state index is -0.296. The molecule has 1 fully saturated rings. The number of H-pyrrole nitrogens is 1. The number of fused-ring (bicyclic) bond motifs is 2. The summed E-state index contributed by atoms with van der Waals surface area (Å²) in [6.07, 6.45) is 4.85. The highest BCUT2D eigenvalue weighted by Gasteiger charge is 2.48. The number of aromatic amines is 1. The van der Waals surface area contributed by atoms with Gasteiger partial charge in [-0.25, -0.2) is 9.37 Å². The highest BCUT2D eigenvalue weighted by molar-refractivity contribution is 5.77. The summed E-state index contributed by atoms with van der Waals surface area (Å²) in [6.45, 7) is 6.95. The van der Waals surface area contributed by atoms with Crippen LogP contribution in [0.2, 0.25) is 0 Å². The average Bonchev–Trinajstić information content (AvgIpc) is 3.16. The molecule has 1 amide bonds. The summed E-state index contributed by atoms with van der Waals surface area (Å²) in [6, 6.07) is 5.48. The molecule has 1 saturated heterocycles. The topological polar surface area (TPSA) is 52.2 Å². The average molecular weight is 370 g/mol. The van der Waals surface area contributed by atoms with E-state index >= 15 is 0 Å². The van der Waals surface area contributed by atoms with Crippen LogP contribution in [0.3, 0.4) is 0 Å². The van der Waals surface area contributed by atoms with Gasteiger partial charge in [-0.15, -0.1) is 0 Å². The van der Waals surface area contributed by atoms with Gasteiger partial charge in [0.05, 0.1) is 17.6 Å². The van der Waals surface area contributed by atoms with Gasteiger partial charge >= 0.3 is 0 Å². The van der Waals surface area contributed by atoms with Gasteiger partial charge in [-0.2, -0.15) is 0 Å². The number of amides is 1. The molecule has 0 saturated carbocycles. The molecule has 1 aromatic heterocycles. The number of benzene rings is 1. The quantitative estimate of drug-likeness (QED) is 0.903. The number of likely N-dealkylation sites (tertiary alicyclic amines) is 1. The summed E-state index contributed by atoms with van der Waals surface area (Å²) in [5, 5.41) is 0. The zero-order valence-electron chi connectivity index (χ0n) is 16.1. The number of hydrogen-bond acceptors (Lipinski definition) is 3. The molecule has 4 rings (SSSR count). The summed E-state index contributed by atoms with van der Waals surface area (Å²) < 4.78 is 13.9. The molecule has 3 heterocycles. The highest BCUT2D eigenvalue weighted by Crippen LogP contribution is 2.42. The number of nitrogens with one attached hydrogen (secondary N) is 1. The molecule has 1 spiro atoms. The standard InChI is InChI=1S/C21H27FN4O/c1-3-19(27)26-9-6-18-20(24-14-23-18)21(26)7-10-25(11-8-21)13-16-5-4-15(2)17(22)12-16/h4-5,12,14H,3,6-11,13H2,1-2H3,(H,23,24). The first-order chi connectivity index (χ1) is 13.0. The Morgan fingerprint density at radius 2 is 2.07 bits per heavy atom. The van der Waals surface area contributed by atoms with Crippen LogP contribution >= 0.6 is 0 Å². The third-order valence-electron chi connectivity index (χ3n) is 6.19. The molecule has 0 aliphatic carbocycles. The van der Waals surface area contributed by atoms with Crippen LogP contribution in [0, 0.1) is 12.7 Å². The summed E-state index contributed by atoms with van der Waals surface area (Å²) >= 11 is 0. The number of carbonyl (C=O) groups is 1. The number of piperidine rings is 1. The summed E-state index contributed by atoms with van der Waals surface area (Å²) in [5.74, 6) is 0.0619. The zero-order valence-corrected chi connectivity index (χ0v) is 16.1. The van der Waals surface area contributed by atoms with Gasteiger partial charge in [-0.05, 0) is 37.0 Å². The Bertz CT molecular complexity index is 838. The fraction of sp³-hybridized carbons (Fsp3) is 0.524. The van der Waals surface area contributed by atoms with Gasteiger partial charge in [0.2, 0.25) is 5.91 Å². The van der Waals surface area contributed by atoms with Crippen LogP contribution in [0.4, 0.5) is 4.39 Å². The molecule has 0 unspecified atom stereocenters.